The first-order valence-electron chi connectivity index (χ1n) is 4.85. The molecule has 0 aliphatic carbocycles. The quantitative estimate of drug-likeness (QED) is 0.700. The third-order valence-electron chi connectivity index (χ3n) is 1.42. The molecule has 0 unspecified atom stereocenters. The molecule has 0 aliphatic heterocycles. The van der Waals surface area contributed by atoms with Gasteiger partial charge in [-0.2, -0.15) is 0 Å². The number of hydrogen-bond donors (Lipinski definition) is 1. The zero-order valence-corrected chi connectivity index (χ0v) is 9.79. The van der Waals surface area contributed by atoms with Crippen molar-refractivity contribution in [3.8, 4) is 0 Å². The molecule has 1 rings (SSSR count). The maximum atomic E-state index is 10.8. The zero-order valence-electron chi connectivity index (χ0n) is 9.79. The molecule has 0 aliphatic rings. The van der Waals surface area contributed by atoms with E-state index in [-0.39, 0.29) is 5.78 Å². The molecular weight excluding hydrogens is 174 g/mol. The summed E-state index contributed by atoms with van der Waals surface area (Å²) in [6.07, 6.45) is 0. The fourth-order valence-electron chi connectivity index (χ4n) is 0.864. The lowest BCUT2D eigenvalue weighted by atomic mass is 10.1. The fourth-order valence-corrected chi connectivity index (χ4v) is 0.864. The number of benzene rings is 1. The van der Waals surface area contributed by atoms with Crippen LogP contribution in [0.5, 0.6) is 0 Å². The third-order valence-corrected chi connectivity index (χ3v) is 1.42. The van der Waals surface area contributed by atoms with Gasteiger partial charge in [-0.1, -0.05) is 37.6 Å². The van der Waals surface area contributed by atoms with Crippen LogP contribution in [0, 0.1) is 6.92 Å². The van der Waals surface area contributed by atoms with Crippen molar-refractivity contribution < 1.29 is 4.79 Å². The molecule has 0 radical (unpaired) electrons. The van der Waals surface area contributed by atoms with Gasteiger partial charge in [0.15, 0.2) is 5.78 Å². The van der Waals surface area contributed by atoms with Gasteiger partial charge in [0.25, 0.3) is 0 Å². The maximum absolute atomic E-state index is 10.8. The topological polar surface area (TPSA) is 43.1 Å². The Hall–Kier alpha value is -1.15. The lowest BCUT2D eigenvalue weighted by Gasteiger charge is -1.94. The van der Waals surface area contributed by atoms with Crippen molar-refractivity contribution in [1.82, 2.24) is 0 Å². The van der Waals surface area contributed by atoms with E-state index in [1.54, 1.807) is 6.92 Å². The predicted octanol–water partition coefficient (Wildman–Crippen LogP) is 2.80. The van der Waals surface area contributed by atoms with Crippen molar-refractivity contribution in [3.63, 3.8) is 0 Å². The largest absolute Gasteiger partial charge is 0.333 e. The van der Waals surface area contributed by atoms with Crippen LogP contribution in [-0.4, -0.2) is 12.8 Å². The van der Waals surface area contributed by atoms with Gasteiger partial charge >= 0.3 is 0 Å². The summed E-state index contributed by atoms with van der Waals surface area (Å²) in [5, 5.41) is 0. The number of rotatable bonds is 1. The number of ketones is 1. The van der Waals surface area contributed by atoms with Gasteiger partial charge in [0.2, 0.25) is 0 Å². The van der Waals surface area contributed by atoms with Gasteiger partial charge in [-0.15, -0.1) is 0 Å². The summed E-state index contributed by atoms with van der Waals surface area (Å²) in [6, 6.07) is 7.59. The summed E-state index contributed by atoms with van der Waals surface area (Å²) < 4.78 is 0. The molecule has 0 aromatic heterocycles. The van der Waals surface area contributed by atoms with Crippen molar-refractivity contribution in [3.05, 3.63) is 35.4 Å². The Morgan fingerprint density at radius 3 is 2.00 bits per heavy atom. The second kappa shape index (κ2) is 9.93. The highest BCUT2D eigenvalue weighted by Crippen LogP contribution is 2.03. The maximum Gasteiger partial charge on any atom is 0.159 e. The molecule has 0 bridgehead atoms. The highest BCUT2D eigenvalue weighted by Gasteiger charge is 1.95. The second-order valence-electron chi connectivity index (χ2n) is 2.43. The SMILES string of the molecule is CC.CC(=O)c1cccc(C)c1.CN. The summed E-state index contributed by atoms with van der Waals surface area (Å²) in [7, 11) is 1.50. The molecule has 2 N–H and O–H groups in total. The fraction of sp³-hybridized carbons (Fsp3) is 0.417. The smallest absolute Gasteiger partial charge is 0.159 e. The van der Waals surface area contributed by atoms with Crippen molar-refractivity contribution in [2.75, 3.05) is 7.05 Å². The van der Waals surface area contributed by atoms with Crippen molar-refractivity contribution >= 4 is 5.78 Å². The Labute approximate surface area is 87.1 Å². The van der Waals surface area contributed by atoms with E-state index in [1.807, 2.05) is 45.0 Å². The number of nitrogens with two attached hydrogens (primary N) is 1. The van der Waals surface area contributed by atoms with Gasteiger partial charge in [0.1, 0.15) is 0 Å². The predicted molar refractivity (Wildman–Crippen MR) is 62.6 cm³/mol. The molecule has 1 aromatic carbocycles. The van der Waals surface area contributed by atoms with Gasteiger partial charge in [-0.3, -0.25) is 4.79 Å². The molecule has 0 heterocycles. The van der Waals surface area contributed by atoms with Crippen molar-refractivity contribution in [2.45, 2.75) is 27.7 Å². The van der Waals surface area contributed by atoms with Gasteiger partial charge in [-0.25, -0.2) is 0 Å². The van der Waals surface area contributed by atoms with E-state index in [2.05, 4.69) is 5.73 Å². The highest BCUT2D eigenvalue weighted by molar-refractivity contribution is 5.94. The van der Waals surface area contributed by atoms with Gasteiger partial charge in [0, 0.05) is 5.56 Å². The standard InChI is InChI=1S/C9H10O.C2H6.CH5N/c1-7-4-3-5-9(6-7)8(2)10;2*1-2/h3-6H,1-2H3;1-2H3;2H2,1H3. The minimum atomic E-state index is 0.128. The summed E-state index contributed by atoms with van der Waals surface area (Å²) in [6.45, 7) is 7.56. The van der Waals surface area contributed by atoms with Crippen molar-refractivity contribution in [2.24, 2.45) is 5.73 Å². The molecule has 80 valence electrons. The van der Waals surface area contributed by atoms with E-state index in [9.17, 15) is 4.79 Å². The Morgan fingerprint density at radius 2 is 1.71 bits per heavy atom. The molecule has 14 heavy (non-hydrogen) atoms. The molecule has 0 fully saturated rings. The molecule has 0 spiro atoms. The molecule has 0 atom stereocenters. The minimum absolute atomic E-state index is 0.128. The second-order valence-corrected chi connectivity index (χ2v) is 2.43. The summed E-state index contributed by atoms with van der Waals surface area (Å²) in [4.78, 5) is 10.8. The average molecular weight is 195 g/mol. The Morgan fingerprint density at radius 1 is 1.21 bits per heavy atom. The number of hydrogen-bond acceptors (Lipinski definition) is 2. The van der Waals surface area contributed by atoms with Gasteiger partial charge < -0.3 is 5.73 Å². The van der Waals surface area contributed by atoms with Crippen LogP contribution in [0.1, 0.15) is 36.7 Å². The van der Waals surface area contributed by atoms with E-state index in [0.29, 0.717) is 0 Å². The monoisotopic (exact) mass is 195 g/mol. The lowest BCUT2D eigenvalue weighted by molar-refractivity contribution is 0.101. The number of carbonyl (C=O) groups excluding carboxylic acids is 1. The normalized spacial score (nSPS) is 7.57. The van der Waals surface area contributed by atoms with Crippen LogP contribution in [0.25, 0.3) is 0 Å². The molecule has 2 nitrogen and oxygen atoms in total. The molecule has 0 saturated heterocycles. The summed E-state index contributed by atoms with van der Waals surface area (Å²) in [5.41, 5.74) is 6.42. The van der Waals surface area contributed by atoms with Crippen LogP contribution in [0.3, 0.4) is 0 Å². The first-order chi connectivity index (χ1) is 6.70. The Balaban J connectivity index is 0. The first kappa shape index (κ1) is 15.3. The lowest BCUT2D eigenvalue weighted by Crippen LogP contribution is -1.90. The molecule has 2 heteroatoms. The van der Waals surface area contributed by atoms with E-state index in [0.717, 1.165) is 11.1 Å². The zero-order chi connectivity index (χ0) is 11.6. The number of carbonyl (C=O) groups is 1. The number of Topliss-reactive ketones (excluding diaryl/α,β-unsaturated/α-hetero) is 1. The third kappa shape index (κ3) is 6.38. The van der Waals surface area contributed by atoms with E-state index >= 15 is 0 Å². The highest BCUT2D eigenvalue weighted by atomic mass is 16.1. The first-order valence-corrected chi connectivity index (χ1v) is 4.85. The molecule has 0 amide bonds. The van der Waals surface area contributed by atoms with E-state index in [1.165, 1.54) is 7.05 Å². The Kier molecular flexibility index (Phi) is 10.9. The minimum Gasteiger partial charge on any atom is -0.333 e. The van der Waals surface area contributed by atoms with Gasteiger partial charge in [0.05, 0.1) is 0 Å². The summed E-state index contributed by atoms with van der Waals surface area (Å²) in [5.74, 6) is 0.128. The van der Waals surface area contributed by atoms with Crippen molar-refractivity contribution in [1.29, 1.82) is 0 Å². The van der Waals surface area contributed by atoms with Crippen LogP contribution in [-0.2, 0) is 0 Å². The Bertz CT molecular complexity index is 256. The van der Waals surface area contributed by atoms with Crippen LogP contribution < -0.4 is 5.73 Å². The molecular formula is C12H21NO. The van der Waals surface area contributed by atoms with E-state index < -0.39 is 0 Å². The van der Waals surface area contributed by atoms with Crippen LogP contribution in [0.4, 0.5) is 0 Å². The van der Waals surface area contributed by atoms with Crippen LogP contribution >= 0.6 is 0 Å². The summed E-state index contributed by atoms with van der Waals surface area (Å²) >= 11 is 0. The van der Waals surface area contributed by atoms with Crippen LogP contribution in [0.2, 0.25) is 0 Å². The number of aryl methyl sites for hydroxylation is 1. The average Bonchev–Trinajstić information content (AvgIpc) is 2.24. The van der Waals surface area contributed by atoms with E-state index in [4.69, 9.17) is 0 Å². The molecule has 0 saturated carbocycles. The van der Waals surface area contributed by atoms with Crippen LogP contribution in [0.15, 0.2) is 24.3 Å². The van der Waals surface area contributed by atoms with Gasteiger partial charge in [-0.05, 0) is 27.0 Å². The molecule has 1 aromatic rings.